The van der Waals surface area contributed by atoms with Gasteiger partial charge in [-0.2, -0.15) is 0 Å². The third-order valence-corrected chi connectivity index (χ3v) is 3.41. The maximum absolute atomic E-state index is 13.5. The molecule has 1 aromatic heterocycles. The zero-order chi connectivity index (χ0) is 14.3. The quantitative estimate of drug-likeness (QED) is 0.728. The SMILES string of the molecule is Nc1nc(-c2ccc(Cl)c(F)c2)nc2cc(Cl)ccc12. The average molecular weight is 308 g/mol. The van der Waals surface area contributed by atoms with Crippen molar-refractivity contribution in [2.75, 3.05) is 5.73 Å². The Hall–Kier alpha value is -1.91. The van der Waals surface area contributed by atoms with Crippen molar-refractivity contribution >= 4 is 39.9 Å². The van der Waals surface area contributed by atoms with Gasteiger partial charge in [-0.15, -0.1) is 0 Å². The number of benzene rings is 2. The van der Waals surface area contributed by atoms with Gasteiger partial charge in [0, 0.05) is 16.0 Å². The molecule has 0 aliphatic carbocycles. The number of nitrogen functional groups attached to an aromatic ring is 1. The fraction of sp³-hybridized carbons (Fsp3) is 0. The maximum atomic E-state index is 13.5. The summed E-state index contributed by atoms with van der Waals surface area (Å²) in [7, 11) is 0. The monoisotopic (exact) mass is 307 g/mol. The first-order chi connectivity index (χ1) is 9.54. The molecular weight excluding hydrogens is 300 g/mol. The minimum Gasteiger partial charge on any atom is -0.383 e. The summed E-state index contributed by atoms with van der Waals surface area (Å²) in [5.41, 5.74) is 7.01. The smallest absolute Gasteiger partial charge is 0.162 e. The van der Waals surface area contributed by atoms with Crippen molar-refractivity contribution in [3.63, 3.8) is 0 Å². The minimum absolute atomic E-state index is 0.0468. The van der Waals surface area contributed by atoms with Gasteiger partial charge in [-0.1, -0.05) is 23.2 Å². The molecule has 0 amide bonds. The normalized spacial score (nSPS) is 10.9. The molecule has 0 spiro atoms. The van der Waals surface area contributed by atoms with Gasteiger partial charge < -0.3 is 5.73 Å². The number of rotatable bonds is 1. The second-order valence-electron chi connectivity index (χ2n) is 4.22. The minimum atomic E-state index is -0.530. The van der Waals surface area contributed by atoms with Gasteiger partial charge in [-0.05, 0) is 36.4 Å². The Morgan fingerprint density at radius 1 is 1.00 bits per heavy atom. The van der Waals surface area contributed by atoms with Crippen LogP contribution in [0.4, 0.5) is 10.2 Å². The van der Waals surface area contributed by atoms with E-state index in [1.54, 1.807) is 24.3 Å². The first-order valence-electron chi connectivity index (χ1n) is 5.73. The van der Waals surface area contributed by atoms with Gasteiger partial charge in [-0.25, -0.2) is 14.4 Å². The van der Waals surface area contributed by atoms with Crippen LogP contribution in [0, 0.1) is 5.82 Å². The molecule has 0 aliphatic heterocycles. The van der Waals surface area contributed by atoms with Gasteiger partial charge in [0.15, 0.2) is 5.82 Å². The first kappa shape index (κ1) is 13.1. The number of hydrogen-bond donors (Lipinski definition) is 1. The van der Waals surface area contributed by atoms with Crippen molar-refractivity contribution in [3.8, 4) is 11.4 Å². The molecule has 0 saturated carbocycles. The van der Waals surface area contributed by atoms with Crippen molar-refractivity contribution in [2.45, 2.75) is 0 Å². The molecule has 0 aliphatic rings. The third kappa shape index (κ3) is 2.28. The van der Waals surface area contributed by atoms with E-state index in [0.717, 1.165) is 0 Å². The number of anilines is 1. The molecule has 0 saturated heterocycles. The standard InChI is InChI=1S/C14H8Cl2FN3/c15-8-2-3-9-12(6-8)19-14(20-13(9)18)7-1-4-10(16)11(17)5-7/h1-6H,(H2,18,19,20). The van der Waals surface area contributed by atoms with Crippen LogP contribution < -0.4 is 5.73 Å². The molecule has 0 atom stereocenters. The molecule has 20 heavy (non-hydrogen) atoms. The largest absolute Gasteiger partial charge is 0.383 e. The van der Waals surface area contributed by atoms with Crippen LogP contribution >= 0.6 is 23.2 Å². The maximum Gasteiger partial charge on any atom is 0.162 e. The predicted octanol–water partition coefficient (Wildman–Crippen LogP) is 4.32. The van der Waals surface area contributed by atoms with Crippen LogP contribution in [0.1, 0.15) is 0 Å². The average Bonchev–Trinajstić information content (AvgIpc) is 2.41. The molecule has 0 fully saturated rings. The summed E-state index contributed by atoms with van der Waals surface area (Å²) in [6.45, 7) is 0. The van der Waals surface area contributed by atoms with E-state index in [0.29, 0.717) is 33.1 Å². The molecule has 3 rings (SSSR count). The number of aromatic nitrogens is 2. The lowest BCUT2D eigenvalue weighted by Gasteiger charge is -2.06. The summed E-state index contributed by atoms with van der Waals surface area (Å²) in [6, 6.07) is 9.51. The van der Waals surface area contributed by atoms with E-state index >= 15 is 0 Å². The highest BCUT2D eigenvalue weighted by molar-refractivity contribution is 6.31. The highest BCUT2D eigenvalue weighted by atomic mass is 35.5. The van der Waals surface area contributed by atoms with Gasteiger partial charge in [0.25, 0.3) is 0 Å². The Labute approximate surface area is 124 Å². The summed E-state index contributed by atoms with van der Waals surface area (Å²) in [6.07, 6.45) is 0. The van der Waals surface area contributed by atoms with E-state index in [1.165, 1.54) is 12.1 Å². The molecule has 0 radical (unpaired) electrons. The number of hydrogen-bond acceptors (Lipinski definition) is 3. The van der Waals surface area contributed by atoms with Crippen LogP contribution in [0.3, 0.4) is 0 Å². The summed E-state index contributed by atoms with van der Waals surface area (Å²) in [5.74, 6) is 0.113. The van der Waals surface area contributed by atoms with Crippen LogP contribution in [0.5, 0.6) is 0 Å². The Morgan fingerprint density at radius 3 is 2.55 bits per heavy atom. The topological polar surface area (TPSA) is 51.8 Å². The van der Waals surface area contributed by atoms with E-state index in [9.17, 15) is 4.39 Å². The molecular formula is C14H8Cl2FN3. The van der Waals surface area contributed by atoms with Crippen molar-refractivity contribution in [1.29, 1.82) is 0 Å². The van der Waals surface area contributed by atoms with E-state index in [-0.39, 0.29) is 5.02 Å². The van der Waals surface area contributed by atoms with Crippen molar-refractivity contribution in [3.05, 3.63) is 52.3 Å². The molecule has 6 heteroatoms. The summed E-state index contributed by atoms with van der Waals surface area (Å²) < 4.78 is 13.5. The first-order valence-corrected chi connectivity index (χ1v) is 6.48. The lowest BCUT2D eigenvalue weighted by Crippen LogP contribution is -1.98. The molecule has 0 unspecified atom stereocenters. The van der Waals surface area contributed by atoms with E-state index in [2.05, 4.69) is 9.97 Å². The molecule has 1 heterocycles. The molecule has 2 N–H and O–H groups in total. The van der Waals surface area contributed by atoms with E-state index < -0.39 is 5.82 Å². The van der Waals surface area contributed by atoms with Gasteiger partial charge in [0.2, 0.25) is 0 Å². The number of nitrogens with zero attached hydrogens (tertiary/aromatic N) is 2. The van der Waals surface area contributed by atoms with E-state index in [1.807, 2.05) is 0 Å². The zero-order valence-corrected chi connectivity index (χ0v) is 11.6. The molecule has 100 valence electrons. The second-order valence-corrected chi connectivity index (χ2v) is 5.07. The fourth-order valence-corrected chi connectivity index (χ4v) is 2.18. The van der Waals surface area contributed by atoms with Gasteiger partial charge in [-0.3, -0.25) is 0 Å². The third-order valence-electron chi connectivity index (χ3n) is 2.87. The highest BCUT2D eigenvalue weighted by Gasteiger charge is 2.10. The Bertz CT molecular complexity index is 821. The van der Waals surface area contributed by atoms with Crippen molar-refractivity contribution < 1.29 is 4.39 Å². The number of fused-ring (bicyclic) bond motifs is 1. The van der Waals surface area contributed by atoms with Gasteiger partial charge in [0.05, 0.1) is 10.5 Å². The van der Waals surface area contributed by atoms with Crippen molar-refractivity contribution in [1.82, 2.24) is 9.97 Å². The van der Waals surface area contributed by atoms with Gasteiger partial charge >= 0.3 is 0 Å². The molecule has 3 aromatic rings. The molecule has 2 aromatic carbocycles. The van der Waals surface area contributed by atoms with Crippen LogP contribution in [0.15, 0.2) is 36.4 Å². The lowest BCUT2D eigenvalue weighted by atomic mass is 10.2. The van der Waals surface area contributed by atoms with Crippen LogP contribution in [0.2, 0.25) is 10.0 Å². The number of nitrogens with two attached hydrogens (primary N) is 1. The van der Waals surface area contributed by atoms with Crippen LogP contribution in [-0.4, -0.2) is 9.97 Å². The molecule has 3 nitrogen and oxygen atoms in total. The van der Waals surface area contributed by atoms with Gasteiger partial charge in [0.1, 0.15) is 11.6 Å². The fourth-order valence-electron chi connectivity index (χ4n) is 1.89. The Kier molecular flexibility index (Phi) is 3.20. The zero-order valence-electron chi connectivity index (χ0n) is 10.1. The predicted molar refractivity (Wildman–Crippen MR) is 79.4 cm³/mol. The Balaban J connectivity index is 2.23. The van der Waals surface area contributed by atoms with Crippen molar-refractivity contribution in [2.24, 2.45) is 0 Å². The summed E-state index contributed by atoms with van der Waals surface area (Å²) in [5, 5.41) is 1.29. The van der Waals surface area contributed by atoms with Crippen LogP contribution in [0.25, 0.3) is 22.3 Å². The summed E-state index contributed by atoms with van der Waals surface area (Å²) >= 11 is 11.6. The van der Waals surface area contributed by atoms with Crippen LogP contribution in [-0.2, 0) is 0 Å². The highest BCUT2D eigenvalue weighted by Crippen LogP contribution is 2.27. The second kappa shape index (κ2) is 4.89. The number of halogens is 3. The Morgan fingerprint density at radius 2 is 1.80 bits per heavy atom. The van der Waals surface area contributed by atoms with E-state index in [4.69, 9.17) is 28.9 Å². The lowest BCUT2D eigenvalue weighted by molar-refractivity contribution is 0.628. The molecule has 0 bridgehead atoms. The summed E-state index contributed by atoms with van der Waals surface area (Å²) in [4.78, 5) is 8.54.